The Bertz CT molecular complexity index is 992. The third kappa shape index (κ3) is 4.78. The summed E-state index contributed by atoms with van der Waals surface area (Å²) >= 11 is 1.46. The number of hydrogen-bond donors (Lipinski definition) is 3. The van der Waals surface area contributed by atoms with Gasteiger partial charge >= 0.3 is 0 Å². The van der Waals surface area contributed by atoms with Crippen molar-refractivity contribution in [2.45, 2.75) is 31.7 Å². The molecule has 1 fully saturated rings. The molecular formula is C23H32N6O2S. The van der Waals surface area contributed by atoms with Gasteiger partial charge in [0, 0.05) is 37.3 Å². The molecule has 0 bridgehead atoms. The van der Waals surface area contributed by atoms with Crippen LogP contribution in [-0.4, -0.2) is 61.5 Å². The van der Waals surface area contributed by atoms with E-state index in [2.05, 4.69) is 27.4 Å². The molecule has 0 spiro atoms. The molecule has 172 valence electrons. The number of primary amides is 1. The molecule has 9 heteroatoms. The summed E-state index contributed by atoms with van der Waals surface area (Å²) in [4.78, 5) is 33.7. The van der Waals surface area contributed by atoms with Crippen LogP contribution < -0.4 is 21.3 Å². The summed E-state index contributed by atoms with van der Waals surface area (Å²) in [5.74, 6) is -0.529. The number of rotatable bonds is 8. The van der Waals surface area contributed by atoms with Crippen molar-refractivity contribution in [3.8, 4) is 0 Å². The van der Waals surface area contributed by atoms with E-state index < -0.39 is 5.54 Å². The molecule has 4 N–H and O–H groups in total. The summed E-state index contributed by atoms with van der Waals surface area (Å²) < 4.78 is 0. The second-order valence-electron chi connectivity index (χ2n) is 8.10. The number of amides is 2. The molecule has 1 aromatic heterocycles. The van der Waals surface area contributed by atoms with Crippen LogP contribution in [0.15, 0.2) is 35.8 Å². The fourth-order valence-corrected chi connectivity index (χ4v) is 4.98. The van der Waals surface area contributed by atoms with Crippen molar-refractivity contribution in [3.63, 3.8) is 0 Å². The Labute approximate surface area is 193 Å². The molecule has 1 aliphatic heterocycles. The van der Waals surface area contributed by atoms with Crippen LogP contribution in [0.25, 0.3) is 5.57 Å². The molecule has 0 atom stereocenters. The van der Waals surface area contributed by atoms with Gasteiger partial charge in [0.2, 0.25) is 5.91 Å². The van der Waals surface area contributed by atoms with Crippen LogP contribution >= 0.6 is 11.3 Å². The Hall–Kier alpha value is -2.91. The van der Waals surface area contributed by atoms with Crippen molar-refractivity contribution in [1.29, 1.82) is 0 Å². The molecule has 0 radical (unpaired) electrons. The molecular weight excluding hydrogens is 424 g/mol. The smallest absolute Gasteiger partial charge is 0.275 e. The molecule has 1 aromatic carbocycles. The quantitative estimate of drug-likeness (QED) is 0.564. The summed E-state index contributed by atoms with van der Waals surface area (Å²) in [6, 6.07) is 7.72. The third-order valence-corrected chi connectivity index (χ3v) is 7.03. The first-order valence-corrected chi connectivity index (χ1v) is 11.6. The van der Waals surface area contributed by atoms with Crippen molar-refractivity contribution >= 4 is 40.1 Å². The lowest BCUT2D eigenvalue weighted by Gasteiger charge is -2.44. The van der Waals surface area contributed by atoms with E-state index in [9.17, 15) is 9.59 Å². The third-order valence-electron chi connectivity index (χ3n) is 6.11. The average molecular weight is 457 g/mol. The van der Waals surface area contributed by atoms with E-state index in [-0.39, 0.29) is 11.8 Å². The van der Waals surface area contributed by atoms with Crippen LogP contribution in [0, 0.1) is 0 Å². The molecule has 1 aliphatic rings. The van der Waals surface area contributed by atoms with Crippen LogP contribution in [0.1, 0.15) is 41.7 Å². The second-order valence-corrected chi connectivity index (χ2v) is 8.96. The predicted octanol–water partition coefficient (Wildman–Crippen LogP) is 2.75. The first kappa shape index (κ1) is 23.7. The maximum atomic E-state index is 12.9. The van der Waals surface area contributed by atoms with Crippen molar-refractivity contribution in [3.05, 3.63) is 46.5 Å². The van der Waals surface area contributed by atoms with E-state index >= 15 is 0 Å². The molecule has 0 saturated carbocycles. The lowest BCUT2D eigenvalue weighted by Crippen LogP contribution is -2.60. The van der Waals surface area contributed by atoms with Gasteiger partial charge in [-0.15, -0.1) is 11.3 Å². The summed E-state index contributed by atoms with van der Waals surface area (Å²) in [6.07, 6.45) is 3.99. The Morgan fingerprint density at radius 3 is 2.56 bits per heavy atom. The van der Waals surface area contributed by atoms with Gasteiger partial charge in [0.25, 0.3) is 5.91 Å². The number of para-hydroxylation sites is 2. The number of nitrogens with two attached hydrogens (primary N) is 1. The predicted molar refractivity (Wildman–Crippen MR) is 131 cm³/mol. The SMILES string of the molecule is CC/C(=C\NC)c1nc(C(=O)Nc2ccccc2N2CCC(C(N)=O)(N(C)C)CC2)cs1. The molecule has 2 amide bonds. The zero-order chi connectivity index (χ0) is 23.3. The van der Waals surface area contributed by atoms with Gasteiger partial charge in [-0.1, -0.05) is 19.1 Å². The van der Waals surface area contributed by atoms with Gasteiger partial charge in [-0.3, -0.25) is 14.5 Å². The van der Waals surface area contributed by atoms with Gasteiger partial charge in [-0.25, -0.2) is 4.98 Å². The van der Waals surface area contributed by atoms with Gasteiger partial charge in [0.1, 0.15) is 16.2 Å². The van der Waals surface area contributed by atoms with Crippen molar-refractivity contribution in [2.75, 3.05) is 44.4 Å². The number of hydrogen-bond acceptors (Lipinski definition) is 7. The van der Waals surface area contributed by atoms with E-state index in [1.165, 1.54) is 11.3 Å². The van der Waals surface area contributed by atoms with E-state index in [0.717, 1.165) is 28.4 Å². The summed E-state index contributed by atoms with van der Waals surface area (Å²) in [5.41, 5.74) is 8.21. The number of carbonyl (C=O) groups is 2. The van der Waals surface area contributed by atoms with Crippen LogP contribution in [0.3, 0.4) is 0 Å². The van der Waals surface area contributed by atoms with Gasteiger partial charge in [-0.2, -0.15) is 0 Å². The minimum atomic E-state index is -0.635. The molecule has 2 heterocycles. The first-order chi connectivity index (χ1) is 15.3. The Morgan fingerprint density at radius 2 is 1.97 bits per heavy atom. The van der Waals surface area contributed by atoms with Gasteiger partial charge in [0.15, 0.2) is 0 Å². The molecule has 3 rings (SSSR count). The van der Waals surface area contributed by atoms with Crippen molar-refractivity contribution in [1.82, 2.24) is 15.2 Å². The van der Waals surface area contributed by atoms with E-state index in [4.69, 9.17) is 5.73 Å². The molecule has 2 aromatic rings. The lowest BCUT2D eigenvalue weighted by atomic mass is 9.85. The van der Waals surface area contributed by atoms with Crippen LogP contribution in [0.5, 0.6) is 0 Å². The highest BCUT2D eigenvalue weighted by Crippen LogP contribution is 2.33. The minimum Gasteiger partial charge on any atom is -0.394 e. The van der Waals surface area contributed by atoms with E-state index in [1.54, 1.807) is 5.38 Å². The van der Waals surface area contributed by atoms with Crippen LogP contribution in [-0.2, 0) is 4.79 Å². The maximum Gasteiger partial charge on any atom is 0.275 e. The maximum absolute atomic E-state index is 12.9. The largest absolute Gasteiger partial charge is 0.394 e. The van der Waals surface area contributed by atoms with E-state index in [0.29, 0.717) is 31.6 Å². The monoisotopic (exact) mass is 456 g/mol. The lowest BCUT2D eigenvalue weighted by molar-refractivity contribution is -0.130. The van der Waals surface area contributed by atoms with Gasteiger partial charge in [0.05, 0.1) is 11.4 Å². The summed E-state index contributed by atoms with van der Waals surface area (Å²) in [7, 11) is 5.64. The van der Waals surface area contributed by atoms with Crippen LogP contribution in [0.2, 0.25) is 0 Å². The normalized spacial score (nSPS) is 16.2. The van der Waals surface area contributed by atoms with Crippen LogP contribution in [0.4, 0.5) is 11.4 Å². The fourth-order valence-electron chi connectivity index (χ4n) is 4.09. The topological polar surface area (TPSA) is 104 Å². The minimum absolute atomic E-state index is 0.239. The summed E-state index contributed by atoms with van der Waals surface area (Å²) in [5, 5.41) is 8.66. The zero-order valence-corrected chi connectivity index (χ0v) is 20.0. The highest BCUT2D eigenvalue weighted by molar-refractivity contribution is 7.11. The molecule has 0 unspecified atom stereocenters. The Kier molecular flexibility index (Phi) is 7.52. The summed E-state index contributed by atoms with van der Waals surface area (Å²) in [6.45, 7) is 3.40. The van der Waals surface area contributed by atoms with E-state index in [1.807, 2.05) is 56.5 Å². The van der Waals surface area contributed by atoms with Crippen molar-refractivity contribution in [2.24, 2.45) is 5.73 Å². The number of aromatic nitrogens is 1. The highest BCUT2D eigenvalue weighted by Gasteiger charge is 2.42. The number of thiazole rings is 1. The average Bonchev–Trinajstić information content (AvgIpc) is 3.28. The first-order valence-electron chi connectivity index (χ1n) is 10.8. The van der Waals surface area contributed by atoms with Crippen molar-refractivity contribution < 1.29 is 9.59 Å². The number of anilines is 2. The number of benzene rings is 1. The molecule has 1 saturated heterocycles. The molecule has 8 nitrogen and oxygen atoms in total. The fraction of sp³-hybridized carbons (Fsp3) is 0.435. The number of likely N-dealkylation sites (N-methyl/N-ethyl adjacent to an activating group) is 1. The molecule has 32 heavy (non-hydrogen) atoms. The molecule has 0 aliphatic carbocycles. The number of carbonyl (C=O) groups excluding carboxylic acids is 2. The Balaban J connectivity index is 1.76. The number of piperidine rings is 1. The number of nitrogens with zero attached hydrogens (tertiary/aromatic N) is 3. The standard InChI is InChI=1S/C23H32N6O2S/c1-5-16(14-25-2)21-27-18(15-32-21)20(30)26-17-8-6-7-9-19(17)29-12-10-23(11-13-29,22(24)31)28(3)4/h6-9,14-15,25H,5,10-13H2,1-4H3,(H2,24,31)(H,26,30)/b16-14+. The zero-order valence-electron chi connectivity index (χ0n) is 19.1. The van der Waals surface area contributed by atoms with Gasteiger partial charge < -0.3 is 21.3 Å². The Morgan fingerprint density at radius 1 is 1.28 bits per heavy atom. The second kappa shape index (κ2) is 10.1. The number of nitrogens with one attached hydrogen (secondary N) is 2. The number of allylic oxidation sites excluding steroid dienone is 1. The highest BCUT2D eigenvalue weighted by atomic mass is 32.1. The van der Waals surface area contributed by atoms with Gasteiger partial charge in [-0.05, 0) is 45.5 Å².